The van der Waals surface area contributed by atoms with Gasteiger partial charge in [0.1, 0.15) is 5.75 Å². The average Bonchev–Trinajstić information content (AvgIpc) is 3.24. The lowest BCUT2D eigenvalue weighted by molar-refractivity contribution is 0.414. The zero-order chi connectivity index (χ0) is 13.5. The van der Waals surface area contributed by atoms with Crippen LogP contribution in [0.3, 0.4) is 0 Å². The largest absolute Gasteiger partial charge is 0.497 e. The first kappa shape index (κ1) is 13.7. The van der Waals surface area contributed by atoms with Gasteiger partial charge in [-0.25, -0.2) is 0 Å². The molecule has 1 aromatic rings. The summed E-state index contributed by atoms with van der Waals surface area (Å²) in [5.74, 6) is 1.84. The molecule has 19 heavy (non-hydrogen) atoms. The SMILES string of the molecule is CCNC(=NCCc1ccc(OC)cc1)NC1CC1. The number of rotatable bonds is 6. The summed E-state index contributed by atoms with van der Waals surface area (Å²) in [4.78, 5) is 4.59. The van der Waals surface area contributed by atoms with Gasteiger partial charge in [-0.2, -0.15) is 0 Å². The second kappa shape index (κ2) is 7.02. The summed E-state index contributed by atoms with van der Waals surface area (Å²) in [5.41, 5.74) is 1.28. The van der Waals surface area contributed by atoms with Gasteiger partial charge in [0.25, 0.3) is 0 Å². The normalized spacial score (nSPS) is 15.2. The molecule has 104 valence electrons. The van der Waals surface area contributed by atoms with Gasteiger partial charge in [0.15, 0.2) is 5.96 Å². The molecule has 0 aliphatic heterocycles. The van der Waals surface area contributed by atoms with Crippen molar-refractivity contribution in [2.75, 3.05) is 20.2 Å². The highest BCUT2D eigenvalue weighted by Gasteiger charge is 2.21. The minimum Gasteiger partial charge on any atom is -0.497 e. The molecule has 0 bridgehead atoms. The van der Waals surface area contributed by atoms with Crippen LogP contribution in [0.5, 0.6) is 5.75 Å². The van der Waals surface area contributed by atoms with Crippen molar-refractivity contribution in [3.8, 4) is 5.75 Å². The van der Waals surface area contributed by atoms with Crippen molar-refractivity contribution in [3.05, 3.63) is 29.8 Å². The fourth-order valence-corrected chi connectivity index (χ4v) is 1.83. The highest BCUT2D eigenvalue weighted by atomic mass is 16.5. The summed E-state index contributed by atoms with van der Waals surface area (Å²) < 4.78 is 5.15. The van der Waals surface area contributed by atoms with Crippen LogP contribution in [0.4, 0.5) is 0 Å². The van der Waals surface area contributed by atoms with Gasteiger partial charge in [0.05, 0.1) is 7.11 Å². The third kappa shape index (κ3) is 4.81. The molecular formula is C15H23N3O. The molecule has 4 heteroatoms. The Labute approximate surface area is 115 Å². The molecule has 0 amide bonds. The van der Waals surface area contributed by atoms with Crippen LogP contribution in [-0.2, 0) is 6.42 Å². The molecule has 0 heterocycles. The number of nitrogens with one attached hydrogen (secondary N) is 2. The van der Waals surface area contributed by atoms with E-state index < -0.39 is 0 Å². The molecule has 2 rings (SSSR count). The van der Waals surface area contributed by atoms with Crippen LogP contribution in [0.15, 0.2) is 29.3 Å². The lowest BCUT2D eigenvalue weighted by atomic mass is 10.1. The number of aliphatic imine (C=N–C) groups is 1. The van der Waals surface area contributed by atoms with E-state index in [9.17, 15) is 0 Å². The van der Waals surface area contributed by atoms with Crippen molar-refractivity contribution in [2.45, 2.75) is 32.2 Å². The Morgan fingerprint density at radius 2 is 2.05 bits per heavy atom. The molecule has 0 spiro atoms. The van der Waals surface area contributed by atoms with Gasteiger partial charge in [-0.3, -0.25) is 4.99 Å². The third-order valence-electron chi connectivity index (χ3n) is 3.09. The fraction of sp³-hybridized carbons (Fsp3) is 0.533. The Kier molecular flexibility index (Phi) is 5.07. The summed E-state index contributed by atoms with van der Waals surface area (Å²) >= 11 is 0. The number of guanidine groups is 1. The number of ether oxygens (including phenoxy) is 1. The Balaban J connectivity index is 1.81. The average molecular weight is 261 g/mol. The summed E-state index contributed by atoms with van der Waals surface area (Å²) in [5, 5.41) is 6.69. The number of nitrogens with zero attached hydrogens (tertiary/aromatic N) is 1. The maximum Gasteiger partial charge on any atom is 0.191 e. The molecular weight excluding hydrogens is 238 g/mol. The van der Waals surface area contributed by atoms with Gasteiger partial charge in [-0.1, -0.05) is 12.1 Å². The maximum atomic E-state index is 5.15. The first-order chi connectivity index (χ1) is 9.31. The summed E-state index contributed by atoms with van der Waals surface area (Å²) in [7, 11) is 1.69. The molecule has 0 saturated heterocycles. The van der Waals surface area contributed by atoms with Crippen LogP contribution >= 0.6 is 0 Å². The molecule has 0 unspecified atom stereocenters. The van der Waals surface area contributed by atoms with Crippen LogP contribution in [0.25, 0.3) is 0 Å². The van der Waals surface area contributed by atoms with Crippen LogP contribution in [0.1, 0.15) is 25.3 Å². The number of hydrogen-bond donors (Lipinski definition) is 2. The first-order valence-corrected chi connectivity index (χ1v) is 6.99. The molecule has 1 aliphatic rings. The van der Waals surface area contributed by atoms with Crippen molar-refractivity contribution >= 4 is 5.96 Å². The number of hydrogen-bond acceptors (Lipinski definition) is 2. The molecule has 0 atom stereocenters. The molecule has 1 saturated carbocycles. The molecule has 1 fully saturated rings. The van der Waals surface area contributed by atoms with Gasteiger partial charge in [-0.15, -0.1) is 0 Å². The van der Waals surface area contributed by atoms with Crippen LogP contribution < -0.4 is 15.4 Å². The van der Waals surface area contributed by atoms with Gasteiger partial charge in [0, 0.05) is 19.1 Å². The Hall–Kier alpha value is -1.71. The monoisotopic (exact) mass is 261 g/mol. The number of benzene rings is 1. The van der Waals surface area contributed by atoms with E-state index in [1.54, 1.807) is 7.11 Å². The van der Waals surface area contributed by atoms with E-state index in [4.69, 9.17) is 4.74 Å². The van der Waals surface area contributed by atoms with Crippen LogP contribution in [0.2, 0.25) is 0 Å². The van der Waals surface area contributed by atoms with E-state index in [1.165, 1.54) is 18.4 Å². The molecule has 0 aromatic heterocycles. The van der Waals surface area contributed by atoms with E-state index in [0.717, 1.165) is 31.2 Å². The standard InChI is InChI=1S/C15H23N3O/c1-3-16-15(18-13-6-7-13)17-11-10-12-4-8-14(19-2)9-5-12/h4-5,8-9,13H,3,6-7,10-11H2,1-2H3,(H2,16,17,18). The quantitative estimate of drug-likeness (QED) is 0.608. The van der Waals surface area contributed by atoms with Crippen molar-refractivity contribution < 1.29 is 4.74 Å². The smallest absolute Gasteiger partial charge is 0.191 e. The Morgan fingerprint density at radius 3 is 2.63 bits per heavy atom. The molecule has 0 radical (unpaired) electrons. The molecule has 1 aliphatic carbocycles. The van der Waals surface area contributed by atoms with E-state index in [1.807, 2.05) is 12.1 Å². The zero-order valence-corrected chi connectivity index (χ0v) is 11.8. The summed E-state index contributed by atoms with van der Waals surface area (Å²) in [6.07, 6.45) is 3.48. The predicted octanol–water partition coefficient (Wildman–Crippen LogP) is 1.96. The summed E-state index contributed by atoms with van der Waals surface area (Å²) in [6, 6.07) is 8.81. The van der Waals surface area contributed by atoms with Gasteiger partial charge in [0.2, 0.25) is 0 Å². The molecule has 2 N–H and O–H groups in total. The summed E-state index contributed by atoms with van der Waals surface area (Å²) in [6.45, 7) is 3.79. The van der Waals surface area contributed by atoms with Crippen molar-refractivity contribution in [1.82, 2.24) is 10.6 Å². The zero-order valence-electron chi connectivity index (χ0n) is 11.8. The molecule has 4 nitrogen and oxygen atoms in total. The van der Waals surface area contributed by atoms with E-state index in [0.29, 0.717) is 6.04 Å². The van der Waals surface area contributed by atoms with Crippen molar-refractivity contribution in [2.24, 2.45) is 4.99 Å². The van der Waals surface area contributed by atoms with Gasteiger partial charge in [-0.05, 0) is 43.9 Å². The maximum absolute atomic E-state index is 5.15. The van der Waals surface area contributed by atoms with Crippen molar-refractivity contribution in [3.63, 3.8) is 0 Å². The first-order valence-electron chi connectivity index (χ1n) is 6.99. The topological polar surface area (TPSA) is 45.7 Å². The minimum atomic E-state index is 0.638. The highest BCUT2D eigenvalue weighted by molar-refractivity contribution is 5.80. The lowest BCUT2D eigenvalue weighted by Crippen LogP contribution is -2.38. The van der Waals surface area contributed by atoms with E-state index in [-0.39, 0.29) is 0 Å². The Morgan fingerprint density at radius 1 is 1.32 bits per heavy atom. The van der Waals surface area contributed by atoms with E-state index in [2.05, 4.69) is 34.7 Å². The lowest BCUT2D eigenvalue weighted by Gasteiger charge is -2.10. The third-order valence-corrected chi connectivity index (χ3v) is 3.09. The minimum absolute atomic E-state index is 0.638. The second-order valence-electron chi connectivity index (χ2n) is 4.78. The molecule has 1 aromatic carbocycles. The Bertz CT molecular complexity index is 410. The fourth-order valence-electron chi connectivity index (χ4n) is 1.83. The predicted molar refractivity (Wildman–Crippen MR) is 78.8 cm³/mol. The van der Waals surface area contributed by atoms with E-state index >= 15 is 0 Å². The van der Waals surface area contributed by atoms with Gasteiger partial charge >= 0.3 is 0 Å². The van der Waals surface area contributed by atoms with Gasteiger partial charge < -0.3 is 15.4 Å². The highest BCUT2D eigenvalue weighted by Crippen LogP contribution is 2.18. The van der Waals surface area contributed by atoms with Crippen molar-refractivity contribution in [1.29, 1.82) is 0 Å². The van der Waals surface area contributed by atoms with Crippen LogP contribution in [-0.4, -0.2) is 32.2 Å². The number of methoxy groups -OCH3 is 1. The van der Waals surface area contributed by atoms with Crippen LogP contribution in [0, 0.1) is 0 Å². The second-order valence-corrected chi connectivity index (χ2v) is 4.78.